The van der Waals surface area contributed by atoms with Crippen LogP contribution in [-0.2, 0) is 10.2 Å². The fraction of sp³-hybridized carbons (Fsp3) is 0.292. The van der Waals surface area contributed by atoms with Crippen LogP contribution in [0.1, 0.15) is 32.8 Å². The Hall–Kier alpha value is -3.25. The highest BCUT2D eigenvalue weighted by molar-refractivity contribution is 6.06. The van der Waals surface area contributed by atoms with Crippen LogP contribution in [0.25, 0.3) is 11.3 Å². The van der Waals surface area contributed by atoms with E-state index in [0.717, 1.165) is 41.2 Å². The molecule has 0 bridgehead atoms. The highest BCUT2D eigenvalue weighted by Gasteiger charge is 2.39. The molecule has 0 fully saturated rings. The van der Waals surface area contributed by atoms with Gasteiger partial charge in [-0.15, -0.1) is 0 Å². The first kappa shape index (κ1) is 21.5. The highest BCUT2D eigenvalue weighted by atomic mass is 16.2. The molecule has 0 radical (unpaired) electrons. The summed E-state index contributed by atoms with van der Waals surface area (Å²) in [4.78, 5) is 24.0. The zero-order chi connectivity index (χ0) is 21.7. The normalized spacial score (nSPS) is 14.0. The monoisotopic (exact) mass is 403 g/mol. The van der Waals surface area contributed by atoms with E-state index in [1.165, 1.54) is 0 Å². The molecule has 0 unspecified atom stereocenters. The summed E-state index contributed by atoms with van der Waals surface area (Å²) in [7, 11) is 1.81. The summed E-state index contributed by atoms with van der Waals surface area (Å²) in [6, 6.07) is 17.6. The standard InChI is InChI=1S/C21H20N4O.C3H9N/c1-21(2)16-13-22-20(23-14-9-5-4-6-10-14)24-18(16)15-11-7-8-12-17(15)25(3)19(21)26;1-2-3-4/h4-13H,1-3H3,(H,22,23,24);2-4H2,1H3. The number of carbonyl (C=O) groups is 1. The molecule has 0 spiro atoms. The molecule has 3 aromatic rings. The molecule has 1 aliphatic heterocycles. The summed E-state index contributed by atoms with van der Waals surface area (Å²) in [5.41, 5.74) is 8.64. The smallest absolute Gasteiger partial charge is 0.236 e. The molecule has 156 valence electrons. The summed E-state index contributed by atoms with van der Waals surface area (Å²) in [5.74, 6) is 0.536. The van der Waals surface area contributed by atoms with Gasteiger partial charge in [-0.3, -0.25) is 4.79 Å². The molecule has 1 amide bonds. The molecule has 6 heteroatoms. The van der Waals surface area contributed by atoms with Crippen LogP contribution >= 0.6 is 0 Å². The predicted octanol–water partition coefficient (Wildman–Crippen LogP) is 4.50. The van der Waals surface area contributed by atoms with Gasteiger partial charge in [-0.2, -0.15) is 0 Å². The van der Waals surface area contributed by atoms with Crippen LogP contribution in [0, 0.1) is 0 Å². The number of hydrogen-bond acceptors (Lipinski definition) is 5. The third-order valence-electron chi connectivity index (χ3n) is 5.14. The van der Waals surface area contributed by atoms with Gasteiger partial charge in [-0.1, -0.05) is 43.3 Å². The van der Waals surface area contributed by atoms with Crippen LogP contribution in [0.4, 0.5) is 17.3 Å². The van der Waals surface area contributed by atoms with Gasteiger partial charge in [-0.05, 0) is 45.0 Å². The van der Waals surface area contributed by atoms with E-state index < -0.39 is 5.41 Å². The number of nitrogens with two attached hydrogens (primary N) is 1. The fourth-order valence-corrected chi connectivity index (χ4v) is 3.37. The Kier molecular flexibility index (Phi) is 6.47. The molecule has 1 aliphatic rings. The van der Waals surface area contributed by atoms with Crippen molar-refractivity contribution in [2.24, 2.45) is 5.73 Å². The maximum absolute atomic E-state index is 13.0. The van der Waals surface area contributed by atoms with Gasteiger partial charge in [0.05, 0.1) is 16.8 Å². The van der Waals surface area contributed by atoms with Crippen LogP contribution < -0.4 is 16.0 Å². The van der Waals surface area contributed by atoms with E-state index in [-0.39, 0.29) is 5.91 Å². The van der Waals surface area contributed by atoms with Gasteiger partial charge in [0.1, 0.15) is 0 Å². The summed E-state index contributed by atoms with van der Waals surface area (Å²) in [5, 5.41) is 3.23. The fourth-order valence-electron chi connectivity index (χ4n) is 3.37. The molecular weight excluding hydrogens is 374 g/mol. The van der Waals surface area contributed by atoms with Gasteiger partial charge in [0.25, 0.3) is 0 Å². The van der Waals surface area contributed by atoms with E-state index in [1.54, 1.807) is 11.1 Å². The van der Waals surface area contributed by atoms with E-state index in [0.29, 0.717) is 5.95 Å². The molecule has 6 nitrogen and oxygen atoms in total. The zero-order valence-electron chi connectivity index (χ0n) is 18.0. The number of hydrogen-bond donors (Lipinski definition) is 2. The minimum atomic E-state index is -0.714. The Morgan fingerprint density at radius 2 is 1.70 bits per heavy atom. The number of likely N-dealkylation sites (N-methyl/N-ethyl adjacent to an activating group) is 1. The van der Waals surface area contributed by atoms with Crippen molar-refractivity contribution < 1.29 is 4.79 Å². The van der Waals surface area contributed by atoms with E-state index in [4.69, 9.17) is 10.7 Å². The van der Waals surface area contributed by atoms with Gasteiger partial charge in [-0.25, -0.2) is 9.97 Å². The Bertz CT molecular complexity index is 1020. The number of rotatable bonds is 3. The molecule has 1 aromatic heterocycles. The quantitative estimate of drug-likeness (QED) is 0.673. The topological polar surface area (TPSA) is 84.1 Å². The van der Waals surface area contributed by atoms with Crippen molar-refractivity contribution >= 4 is 23.2 Å². The third-order valence-corrected chi connectivity index (χ3v) is 5.14. The molecule has 3 N–H and O–H groups in total. The number of nitrogens with zero attached hydrogens (tertiary/aromatic N) is 3. The van der Waals surface area contributed by atoms with Gasteiger partial charge >= 0.3 is 0 Å². The molecule has 0 saturated carbocycles. The van der Waals surface area contributed by atoms with Crippen LogP contribution in [0.15, 0.2) is 60.8 Å². The molecule has 4 rings (SSSR count). The highest BCUT2D eigenvalue weighted by Crippen LogP contribution is 2.42. The van der Waals surface area contributed by atoms with Gasteiger partial charge in [0, 0.05) is 30.1 Å². The van der Waals surface area contributed by atoms with Crippen molar-refractivity contribution in [3.8, 4) is 11.3 Å². The maximum Gasteiger partial charge on any atom is 0.236 e. The lowest BCUT2D eigenvalue weighted by atomic mass is 9.83. The molecule has 0 aliphatic carbocycles. The average molecular weight is 404 g/mol. The number of amides is 1. The van der Waals surface area contributed by atoms with Crippen LogP contribution in [-0.4, -0.2) is 29.5 Å². The number of fused-ring (bicyclic) bond motifs is 3. The Morgan fingerprint density at radius 1 is 1.07 bits per heavy atom. The number of anilines is 3. The molecule has 0 saturated heterocycles. The number of nitrogens with one attached hydrogen (secondary N) is 1. The first-order valence-corrected chi connectivity index (χ1v) is 10.2. The lowest BCUT2D eigenvalue weighted by Gasteiger charge is -2.27. The number of para-hydroxylation sites is 2. The zero-order valence-corrected chi connectivity index (χ0v) is 18.0. The van der Waals surface area contributed by atoms with Crippen LogP contribution in [0.5, 0.6) is 0 Å². The minimum absolute atomic E-state index is 0.0241. The molecule has 2 heterocycles. The van der Waals surface area contributed by atoms with Crippen molar-refractivity contribution in [1.29, 1.82) is 0 Å². The largest absolute Gasteiger partial charge is 0.330 e. The van der Waals surface area contributed by atoms with E-state index in [9.17, 15) is 4.79 Å². The molecular formula is C24H29N5O. The number of carbonyl (C=O) groups excluding carboxylic acids is 1. The van der Waals surface area contributed by atoms with E-state index >= 15 is 0 Å². The summed E-state index contributed by atoms with van der Waals surface area (Å²) >= 11 is 0. The Labute approximate surface area is 178 Å². The number of benzene rings is 2. The van der Waals surface area contributed by atoms with Crippen molar-refractivity contribution in [3.63, 3.8) is 0 Å². The number of aromatic nitrogens is 2. The lowest BCUT2D eigenvalue weighted by molar-refractivity contribution is -0.122. The van der Waals surface area contributed by atoms with E-state index in [1.807, 2.05) is 75.5 Å². The molecule has 30 heavy (non-hydrogen) atoms. The Balaban J connectivity index is 0.000000589. The SMILES string of the molecule is CCCN.CN1C(=O)C(C)(C)c2cnc(Nc3ccccc3)nc2-c2ccccc21. The van der Waals surface area contributed by atoms with Gasteiger partial charge < -0.3 is 16.0 Å². The van der Waals surface area contributed by atoms with Crippen molar-refractivity contribution in [2.45, 2.75) is 32.6 Å². The van der Waals surface area contributed by atoms with Gasteiger partial charge in [0.15, 0.2) is 0 Å². The van der Waals surface area contributed by atoms with Crippen molar-refractivity contribution in [3.05, 3.63) is 66.4 Å². The summed E-state index contributed by atoms with van der Waals surface area (Å²) in [6.45, 7) is 6.72. The predicted molar refractivity (Wildman–Crippen MR) is 123 cm³/mol. The van der Waals surface area contributed by atoms with E-state index in [2.05, 4.69) is 17.2 Å². The minimum Gasteiger partial charge on any atom is -0.330 e. The van der Waals surface area contributed by atoms with Crippen molar-refractivity contribution in [1.82, 2.24) is 9.97 Å². The van der Waals surface area contributed by atoms with Crippen molar-refractivity contribution in [2.75, 3.05) is 23.8 Å². The first-order valence-electron chi connectivity index (χ1n) is 10.2. The second-order valence-electron chi connectivity index (χ2n) is 7.74. The van der Waals surface area contributed by atoms with Crippen LogP contribution in [0.3, 0.4) is 0 Å². The average Bonchev–Trinajstić information content (AvgIpc) is 2.83. The Morgan fingerprint density at radius 3 is 2.37 bits per heavy atom. The second kappa shape index (κ2) is 9.05. The molecule has 2 aromatic carbocycles. The maximum atomic E-state index is 13.0. The van der Waals surface area contributed by atoms with Crippen LogP contribution in [0.2, 0.25) is 0 Å². The summed E-state index contributed by atoms with van der Waals surface area (Å²) < 4.78 is 0. The molecule has 0 atom stereocenters. The van der Waals surface area contributed by atoms with Gasteiger partial charge in [0.2, 0.25) is 11.9 Å². The summed E-state index contributed by atoms with van der Waals surface area (Å²) in [6.07, 6.45) is 2.86. The second-order valence-corrected chi connectivity index (χ2v) is 7.74. The lowest BCUT2D eigenvalue weighted by Crippen LogP contribution is -2.40. The first-order chi connectivity index (χ1) is 14.4. The third kappa shape index (κ3) is 4.19.